The first-order valence-electron chi connectivity index (χ1n) is 7.89. The summed E-state index contributed by atoms with van der Waals surface area (Å²) in [7, 11) is 5.06. The number of nitrogens with zero attached hydrogens (tertiary/aromatic N) is 1. The van der Waals surface area contributed by atoms with Crippen LogP contribution in [0.4, 0.5) is 20.2 Å². The summed E-state index contributed by atoms with van der Waals surface area (Å²) in [6.45, 7) is -3.01. The molecule has 0 saturated heterocycles. The van der Waals surface area contributed by atoms with Gasteiger partial charge in [-0.1, -0.05) is 23.7 Å². The molecule has 0 aliphatic heterocycles. The Kier molecular flexibility index (Phi) is 7.01. The number of para-hydroxylation sites is 1. The molecule has 0 atom stereocenters. The number of ether oxygens (including phenoxy) is 2. The van der Waals surface area contributed by atoms with E-state index in [1.165, 1.54) is 31.4 Å². The maximum Gasteiger partial charge on any atom is 0.387 e. The van der Waals surface area contributed by atoms with E-state index in [1.54, 1.807) is 24.3 Å². The predicted molar refractivity (Wildman–Crippen MR) is 103 cm³/mol. The highest BCUT2D eigenvalue weighted by molar-refractivity contribution is 6.33. The van der Waals surface area contributed by atoms with Crippen molar-refractivity contribution in [3.63, 3.8) is 0 Å². The van der Waals surface area contributed by atoms with Gasteiger partial charge in [0, 0.05) is 31.4 Å². The van der Waals surface area contributed by atoms with Gasteiger partial charge in [0.1, 0.15) is 0 Å². The third-order valence-electron chi connectivity index (χ3n) is 3.55. The predicted octanol–water partition coefficient (Wildman–Crippen LogP) is 4.67. The number of amides is 1. The third kappa shape index (κ3) is 5.59. The Morgan fingerprint density at radius 1 is 1.26 bits per heavy atom. The number of benzene rings is 2. The molecule has 0 unspecified atom stereocenters. The summed E-state index contributed by atoms with van der Waals surface area (Å²) in [5.41, 5.74) is 1.61. The van der Waals surface area contributed by atoms with E-state index in [9.17, 15) is 13.6 Å². The molecule has 144 valence electrons. The molecule has 2 aromatic carbocycles. The summed E-state index contributed by atoms with van der Waals surface area (Å²) in [6, 6.07) is 9.74. The van der Waals surface area contributed by atoms with Crippen LogP contribution in [0.25, 0.3) is 6.08 Å². The minimum absolute atomic E-state index is 0.141. The zero-order chi connectivity index (χ0) is 20.0. The van der Waals surface area contributed by atoms with Gasteiger partial charge in [0.05, 0.1) is 17.8 Å². The van der Waals surface area contributed by atoms with E-state index in [1.807, 2.05) is 19.0 Å². The average molecular weight is 397 g/mol. The van der Waals surface area contributed by atoms with Gasteiger partial charge in [-0.3, -0.25) is 4.79 Å². The van der Waals surface area contributed by atoms with Gasteiger partial charge in [-0.2, -0.15) is 8.78 Å². The van der Waals surface area contributed by atoms with Gasteiger partial charge in [0.25, 0.3) is 0 Å². The zero-order valence-corrected chi connectivity index (χ0v) is 15.8. The van der Waals surface area contributed by atoms with Crippen molar-refractivity contribution in [2.75, 3.05) is 31.4 Å². The van der Waals surface area contributed by atoms with Gasteiger partial charge in [-0.25, -0.2) is 0 Å². The lowest BCUT2D eigenvalue weighted by molar-refractivity contribution is -0.111. The molecule has 0 bridgehead atoms. The summed E-state index contributed by atoms with van der Waals surface area (Å²) >= 11 is 6.17. The Labute approximate surface area is 161 Å². The van der Waals surface area contributed by atoms with Gasteiger partial charge < -0.3 is 19.7 Å². The van der Waals surface area contributed by atoms with E-state index in [-0.39, 0.29) is 17.1 Å². The van der Waals surface area contributed by atoms with Crippen LogP contribution in [0.2, 0.25) is 5.02 Å². The van der Waals surface area contributed by atoms with Gasteiger partial charge in [-0.05, 0) is 30.3 Å². The molecule has 0 aromatic heterocycles. The molecule has 0 aliphatic rings. The first-order chi connectivity index (χ1) is 12.8. The van der Waals surface area contributed by atoms with Crippen LogP contribution in [-0.2, 0) is 4.79 Å². The fraction of sp³-hybridized carbons (Fsp3) is 0.211. The SMILES string of the molecule is COc1cccc(/C=C/C(=O)Nc2ccc(N(C)C)c(Cl)c2)c1OC(F)F. The summed E-state index contributed by atoms with van der Waals surface area (Å²) in [4.78, 5) is 14.0. The maximum atomic E-state index is 12.6. The highest BCUT2D eigenvalue weighted by Gasteiger charge is 2.14. The highest BCUT2D eigenvalue weighted by atomic mass is 35.5. The highest BCUT2D eigenvalue weighted by Crippen LogP contribution is 2.33. The Morgan fingerprint density at radius 2 is 2.00 bits per heavy atom. The number of carbonyl (C=O) groups is 1. The van der Waals surface area contributed by atoms with Crippen molar-refractivity contribution in [3.05, 3.63) is 53.1 Å². The zero-order valence-electron chi connectivity index (χ0n) is 15.0. The lowest BCUT2D eigenvalue weighted by Crippen LogP contribution is -2.11. The summed E-state index contributed by atoms with van der Waals surface area (Å²) < 4.78 is 34.8. The number of halogens is 3. The van der Waals surface area contributed by atoms with Crippen molar-refractivity contribution >= 4 is 35.0 Å². The van der Waals surface area contributed by atoms with E-state index in [4.69, 9.17) is 16.3 Å². The monoisotopic (exact) mass is 396 g/mol. The van der Waals surface area contributed by atoms with E-state index >= 15 is 0 Å². The van der Waals surface area contributed by atoms with Crippen molar-refractivity contribution in [2.24, 2.45) is 0 Å². The molecular formula is C19H19ClF2N2O3. The van der Waals surface area contributed by atoms with E-state index < -0.39 is 12.5 Å². The largest absolute Gasteiger partial charge is 0.493 e. The minimum atomic E-state index is -3.01. The Balaban J connectivity index is 2.16. The lowest BCUT2D eigenvalue weighted by atomic mass is 10.1. The van der Waals surface area contributed by atoms with E-state index in [2.05, 4.69) is 10.1 Å². The molecule has 2 rings (SSSR count). The molecule has 0 heterocycles. The standard InChI is InChI=1S/C19H19ClF2N2O3/c1-24(2)15-9-8-13(11-14(15)20)23-17(25)10-7-12-5-4-6-16(26-3)18(12)27-19(21)22/h4-11,19H,1-3H3,(H,23,25)/b10-7+. The number of anilines is 2. The first kappa shape index (κ1) is 20.5. The van der Waals surface area contributed by atoms with Crippen LogP contribution < -0.4 is 19.7 Å². The van der Waals surface area contributed by atoms with Crippen molar-refractivity contribution in [2.45, 2.75) is 6.61 Å². The van der Waals surface area contributed by atoms with Crippen LogP contribution in [0.3, 0.4) is 0 Å². The Morgan fingerprint density at radius 3 is 2.59 bits per heavy atom. The molecule has 0 aliphatic carbocycles. The van der Waals surface area contributed by atoms with Crippen molar-refractivity contribution in [3.8, 4) is 11.5 Å². The number of carbonyl (C=O) groups excluding carboxylic acids is 1. The second kappa shape index (κ2) is 9.23. The molecule has 1 amide bonds. The Bertz CT molecular complexity index is 842. The van der Waals surface area contributed by atoms with Crippen molar-refractivity contribution in [1.82, 2.24) is 0 Å². The van der Waals surface area contributed by atoms with Gasteiger partial charge in [0.2, 0.25) is 5.91 Å². The fourth-order valence-corrected chi connectivity index (χ4v) is 2.69. The van der Waals surface area contributed by atoms with Crippen LogP contribution in [-0.4, -0.2) is 33.7 Å². The topological polar surface area (TPSA) is 50.8 Å². The second-order valence-electron chi connectivity index (χ2n) is 5.64. The van der Waals surface area contributed by atoms with Crippen molar-refractivity contribution in [1.29, 1.82) is 0 Å². The molecule has 0 saturated carbocycles. The Hall–Kier alpha value is -2.80. The third-order valence-corrected chi connectivity index (χ3v) is 3.85. The molecule has 0 radical (unpaired) electrons. The average Bonchev–Trinajstić information content (AvgIpc) is 2.60. The molecular weight excluding hydrogens is 378 g/mol. The van der Waals surface area contributed by atoms with Crippen LogP contribution in [0.15, 0.2) is 42.5 Å². The molecule has 0 fully saturated rings. The van der Waals surface area contributed by atoms with Gasteiger partial charge >= 0.3 is 6.61 Å². The van der Waals surface area contributed by atoms with Crippen LogP contribution in [0.5, 0.6) is 11.5 Å². The van der Waals surface area contributed by atoms with E-state index in [0.717, 1.165) is 5.69 Å². The molecule has 2 aromatic rings. The number of hydrogen-bond donors (Lipinski definition) is 1. The van der Waals surface area contributed by atoms with Crippen LogP contribution >= 0.6 is 11.6 Å². The number of hydrogen-bond acceptors (Lipinski definition) is 4. The van der Waals surface area contributed by atoms with E-state index in [0.29, 0.717) is 10.7 Å². The smallest absolute Gasteiger partial charge is 0.387 e. The second-order valence-corrected chi connectivity index (χ2v) is 6.05. The number of alkyl halides is 2. The summed E-state index contributed by atoms with van der Waals surface area (Å²) in [5, 5.41) is 3.15. The fourth-order valence-electron chi connectivity index (χ4n) is 2.34. The quantitative estimate of drug-likeness (QED) is 0.691. The maximum absolute atomic E-state index is 12.6. The van der Waals surface area contributed by atoms with Crippen molar-refractivity contribution < 1.29 is 23.0 Å². The van der Waals surface area contributed by atoms with Crippen LogP contribution in [0, 0.1) is 0 Å². The normalized spacial score (nSPS) is 10.9. The summed E-state index contributed by atoms with van der Waals surface area (Å²) in [5.74, 6) is -0.448. The molecule has 27 heavy (non-hydrogen) atoms. The molecule has 0 spiro atoms. The number of nitrogens with one attached hydrogen (secondary N) is 1. The van der Waals surface area contributed by atoms with Gasteiger partial charge in [-0.15, -0.1) is 0 Å². The lowest BCUT2D eigenvalue weighted by Gasteiger charge is -2.15. The molecule has 8 heteroatoms. The summed E-state index contributed by atoms with van der Waals surface area (Å²) in [6.07, 6.45) is 2.58. The van der Waals surface area contributed by atoms with Gasteiger partial charge in [0.15, 0.2) is 11.5 Å². The molecule has 1 N–H and O–H groups in total. The van der Waals surface area contributed by atoms with Crippen LogP contribution in [0.1, 0.15) is 5.56 Å². The first-order valence-corrected chi connectivity index (χ1v) is 8.27. The number of methoxy groups -OCH3 is 1. The minimum Gasteiger partial charge on any atom is -0.493 e. The molecule has 5 nitrogen and oxygen atoms in total. The number of rotatable bonds is 7.